The molecule has 9 aromatic carbocycles. The van der Waals surface area contributed by atoms with Crippen molar-refractivity contribution < 1.29 is 4.42 Å². The van der Waals surface area contributed by atoms with Crippen molar-refractivity contribution in [2.24, 2.45) is 0 Å². The Balaban J connectivity index is 1.07. The number of hydrogen-bond acceptors (Lipinski definition) is 2. The van der Waals surface area contributed by atoms with Crippen LogP contribution >= 0.6 is 0 Å². The second-order valence-electron chi connectivity index (χ2n) is 15.7. The first-order valence-corrected chi connectivity index (χ1v) is 19.8. The van der Waals surface area contributed by atoms with Gasteiger partial charge < -0.3 is 9.32 Å². The maximum Gasteiger partial charge on any atom is 0.143 e. The van der Waals surface area contributed by atoms with E-state index in [0.29, 0.717) is 0 Å². The third-order valence-electron chi connectivity index (χ3n) is 12.1. The number of rotatable bonds is 6. The fourth-order valence-corrected chi connectivity index (χ4v) is 9.34. The summed E-state index contributed by atoms with van der Waals surface area (Å²) < 4.78 is 6.44. The molecule has 57 heavy (non-hydrogen) atoms. The average Bonchev–Trinajstić information content (AvgIpc) is 3.76. The van der Waals surface area contributed by atoms with Crippen LogP contribution in [0, 0.1) is 0 Å². The number of furan rings is 1. The van der Waals surface area contributed by atoms with Gasteiger partial charge in [0.25, 0.3) is 0 Å². The molecule has 0 aliphatic heterocycles. The number of para-hydroxylation sites is 2. The van der Waals surface area contributed by atoms with E-state index in [1.807, 2.05) is 12.1 Å². The van der Waals surface area contributed by atoms with Gasteiger partial charge in [0.05, 0.1) is 0 Å². The third-order valence-corrected chi connectivity index (χ3v) is 12.1. The molecule has 0 radical (unpaired) electrons. The van der Waals surface area contributed by atoms with Crippen molar-refractivity contribution in [2.75, 3.05) is 4.90 Å². The van der Waals surface area contributed by atoms with Gasteiger partial charge in [-0.15, -0.1) is 0 Å². The van der Waals surface area contributed by atoms with Crippen molar-refractivity contribution in [1.82, 2.24) is 0 Å². The molecule has 0 unspecified atom stereocenters. The lowest BCUT2D eigenvalue weighted by atomic mass is 9.79. The Morgan fingerprint density at radius 2 is 0.912 bits per heavy atom. The summed E-state index contributed by atoms with van der Waals surface area (Å²) in [4.78, 5) is 2.39. The fourth-order valence-electron chi connectivity index (χ4n) is 9.34. The molecule has 0 atom stereocenters. The standard InChI is InChI=1S/C55H39NO/c1-55(2)51-33-32-42(34-49(51)50-35-48(38-16-7-4-8-17-38)44-18-9-10-20-46(44)53(50)55)56(40-28-24-37(25-29-40)36-14-5-3-6-15-36)41-30-26-39(27-31-41)43-21-13-22-47-45-19-11-12-23-52(45)57-54(43)47/h3-35H,1-2H3. The van der Waals surface area contributed by atoms with E-state index < -0.39 is 0 Å². The summed E-state index contributed by atoms with van der Waals surface area (Å²) in [7, 11) is 0. The highest BCUT2D eigenvalue weighted by Crippen LogP contribution is 2.54. The quantitative estimate of drug-likeness (QED) is 0.169. The average molecular weight is 730 g/mol. The molecule has 0 bridgehead atoms. The SMILES string of the molecule is CC1(C)c2ccc(N(c3ccc(-c4ccccc4)cc3)c3ccc(-c4cccc5c4oc4ccccc45)cc3)cc2-c2cc(-c3ccccc3)c3ccccc3c21. The number of fused-ring (bicyclic) bond motifs is 8. The van der Waals surface area contributed by atoms with Gasteiger partial charge in [-0.05, 0) is 109 Å². The van der Waals surface area contributed by atoms with Crippen LogP contribution in [0.3, 0.4) is 0 Å². The van der Waals surface area contributed by atoms with Crippen molar-refractivity contribution in [3.63, 3.8) is 0 Å². The summed E-state index contributed by atoms with van der Waals surface area (Å²) in [5, 5.41) is 4.89. The summed E-state index contributed by atoms with van der Waals surface area (Å²) in [6.07, 6.45) is 0. The van der Waals surface area contributed by atoms with Crippen molar-refractivity contribution in [2.45, 2.75) is 19.3 Å². The van der Waals surface area contributed by atoms with Crippen LogP contribution in [0.4, 0.5) is 17.1 Å². The normalized spacial score (nSPS) is 12.9. The zero-order valence-electron chi connectivity index (χ0n) is 31.9. The molecule has 1 aliphatic carbocycles. The number of anilines is 3. The van der Waals surface area contributed by atoms with Crippen molar-refractivity contribution >= 4 is 49.8 Å². The molecule has 11 rings (SSSR count). The van der Waals surface area contributed by atoms with E-state index >= 15 is 0 Å². The highest BCUT2D eigenvalue weighted by atomic mass is 16.3. The van der Waals surface area contributed by atoms with Gasteiger partial charge in [-0.3, -0.25) is 0 Å². The second kappa shape index (κ2) is 13.0. The number of nitrogens with zero attached hydrogens (tertiary/aromatic N) is 1. The second-order valence-corrected chi connectivity index (χ2v) is 15.7. The van der Waals surface area contributed by atoms with E-state index in [1.165, 1.54) is 55.3 Å². The van der Waals surface area contributed by atoms with E-state index in [2.05, 4.69) is 207 Å². The zero-order valence-corrected chi connectivity index (χ0v) is 31.9. The van der Waals surface area contributed by atoms with E-state index in [0.717, 1.165) is 50.1 Å². The summed E-state index contributed by atoms with van der Waals surface area (Å²) in [6, 6.07) is 72.5. The van der Waals surface area contributed by atoms with Gasteiger partial charge in [0.1, 0.15) is 11.2 Å². The molecule has 1 heterocycles. The smallest absolute Gasteiger partial charge is 0.143 e. The Bertz CT molecular complexity index is 3120. The first-order valence-electron chi connectivity index (χ1n) is 19.8. The minimum Gasteiger partial charge on any atom is -0.455 e. The van der Waals surface area contributed by atoms with Gasteiger partial charge in [0.2, 0.25) is 0 Å². The number of hydrogen-bond donors (Lipinski definition) is 0. The minimum atomic E-state index is -0.167. The number of benzene rings is 9. The van der Waals surface area contributed by atoms with Crippen LogP contribution in [0.15, 0.2) is 205 Å². The summed E-state index contributed by atoms with van der Waals surface area (Å²) >= 11 is 0. The van der Waals surface area contributed by atoms with Crippen molar-refractivity contribution in [3.8, 4) is 44.5 Å². The molecule has 0 amide bonds. The van der Waals surface area contributed by atoms with Crippen LogP contribution in [0.5, 0.6) is 0 Å². The molecule has 10 aromatic rings. The monoisotopic (exact) mass is 729 g/mol. The molecule has 1 aromatic heterocycles. The Kier molecular flexibility index (Phi) is 7.55. The van der Waals surface area contributed by atoms with Gasteiger partial charge in [0, 0.05) is 38.8 Å². The van der Waals surface area contributed by atoms with Crippen LogP contribution in [0.1, 0.15) is 25.0 Å². The maximum absolute atomic E-state index is 6.44. The fraction of sp³-hybridized carbons (Fsp3) is 0.0545. The van der Waals surface area contributed by atoms with Crippen molar-refractivity contribution in [1.29, 1.82) is 0 Å². The van der Waals surface area contributed by atoms with Gasteiger partial charge >= 0.3 is 0 Å². The van der Waals surface area contributed by atoms with Crippen LogP contribution in [-0.4, -0.2) is 0 Å². The molecule has 0 saturated carbocycles. The Morgan fingerprint density at radius 3 is 1.63 bits per heavy atom. The van der Waals surface area contributed by atoms with E-state index in [9.17, 15) is 0 Å². The van der Waals surface area contributed by atoms with Crippen LogP contribution < -0.4 is 4.90 Å². The summed E-state index contributed by atoms with van der Waals surface area (Å²) in [5.74, 6) is 0. The molecular weight excluding hydrogens is 691 g/mol. The summed E-state index contributed by atoms with van der Waals surface area (Å²) in [6.45, 7) is 4.76. The largest absolute Gasteiger partial charge is 0.455 e. The predicted octanol–water partition coefficient (Wildman–Crippen LogP) is 15.5. The molecule has 0 fully saturated rings. The minimum absolute atomic E-state index is 0.167. The van der Waals surface area contributed by atoms with E-state index in [1.54, 1.807) is 0 Å². The molecule has 0 saturated heterocycles. The molecule has 1 aliphatic rings. The Hall–Kier alpha value is -7.16. The van der Waals surface area contributed by atoms with Crippen LogP contribution in [0.2, 0.25) is 0 Å². The lowest BCUT2D eigenvalue weighted by Gasteiger charge is -2.27. The van der Waals surface area contributed by atoms with Crippen LogP contribution in [-0.2, 0) is 5.41 Å². The van der Waals surface area contributed by atoms with Gasteiger partial charge in [0.15, 0.2) is 0 Å². The molecule has 2 heteroatoms. The highest BCUT2D eigenvalue weighted by Gasteiger charge is 2.38. The maximum atomic E-state index is 6.44. The molecule has 0 N–H and O–H groups in total. The molecule has 2 nitrogen and oxygen atoms in total. The zero-order chi connectivity index (χ0) is 38.1. The first-order chi connectivity index (χ1) is 28.0. The lowest BCUT2D eigenvalue weighted by molar-refractivity contribution is 0.666. The van der Waals surface area contributed by atoms with Gasteiger partial charge in [-0.25, -0.2) is 0 Å². The van der Waals surface area contributed by atoms with E-state index in [4.69, 9.17) is 4.42 Å². The molecular formula is C55H39NO. The Labute approximate surface area is 332 Å². The van der Waals surface area contributed by atoms with E-state index in [-0.39, 0.29) is 5.41 Å². The molecule has 270 valence electrons. The lowest BCUT2D eigenvalue weighted by Crippen LogP contribution is -2.16. The molecule has 0 spiro atoms. The Morgan fingerprint density at radius 1 is 0.368 bits per heavy atom. The van der Waals surface area contributed by atoms with Gasteiger partial charge in [-0.1, -0.05) is 166 Å². The third kappa shape index (κ3) is 5.33. The van der Waals surface area contributed by atoms with Crippen molar-refractivity contribution in [3.05, 3.63) is 211 Å². The van der Waals surface area contributed by atoms with Gasteiger partial charge in [-0.2, -0.15) is 0 Å². The first kappa shape index (κ1) is 33.2. The predicted molar refractivity (Wildman–Crippen MR) is 240 cm³/mol. The van der Waals surface area contributed by atoms with Crippen LogP contribution in [0.25, 0.3) is 77.2 Å². The topological polar surface area (TPSA) is 16.4 Å². The summed E-state index contributed by atoms with van der Waals surface area (Å²) in [5.41, 5.74) is 17.4. The highest BCUT2D eigenvalue weighted by molar-refractivity contribution is 6.10.